The maximum atomic E-state index is 6.03. The number of anilines is 1. The Labute approximate surface area is 115 Å². The number of thioether (sulfide) groups is 1. The highest BCUT2D eigenvalue weighted by Gasteiger charge is 2.20. The van der Waals surface area contributed by atoms with E-state index in [4.69, 9.17) is 11.6 Å². The largest absolute Gasteiger partial charge is 0.348 e. The second-order valence-electron chi connectivity index (χ2n) is 4.16. The van der Waals surface area contributed by atoms with Gasteiger partial charge in [0, 0.05) is 19.2 Å². The van der Waals surface area contributed by atoms with E-state index >= 15 is 0 Å². The molecule has 0 aliphatic carbocycles. The topological polar surface area (TPSA) is 29.0 Å². The fourth-order valence-electron chi connectivity index (χ4n) is 2.13. The lowest BCUT2D eigenvalue weighted by atomic mass is 10.1. The Kier molecular flexibility index (Phi) is 3.14. The van der Waals surface area contributed by atoms with E-state index in [1.165, 1.54) is 22.9 Å². The number of nitrogens with zero attached hydrogens (tertiary/aromatic N) is 3. The van der Waals surface area contributed by atoms with Crippen molar-refractivity contribution in [2.75, 3.05) is 11.2 Å². The van der Waals surface area contributed by atoms with Crippen LogP contribution in [0.5, 0.6) is 0 Å². The third-order valence-electron chi connectivity index (χ3n) is 3.01. The van der Waals surface area contributed by atoms with E-state index in [0.717, 1.165) is 18.9 Å². The minimum absolute atomic E-state index is 0.500. The lowest BCUT2D eigenvalue weighted by Crippen LogP contribution is -2.16. The van der Waals surface area contributed by atoms with Crippen LogP contribution in [0.4, 0.5) is 5.82 Å². The molecule has 0 N–H and O–H groups in total. The molecule has 1 aliphatic heterocycles. The summed E-state index contributed by atoms with van der Waals surface area (Å²) in [6, 6.07) is 10.3. The first-order valence-corrected chi connectivity index (χ1v) is 7.27. The Morgan fingerprint density at radius 2 is 1.83 bits per heavy atom. The quantitative estimate of drug-likeness (QED) is 0.478. The van der Waals surface area contributed by atoms with Gasteiger partial charge in [0.1, 0.15) is 11.0 Å². The van der Waals surface area contributed by atoms with Crippen molar-refractivity contribution in [2.45, 2.75) is 18.2 Å². The fourth-order valence-corrected chi connectivity index (χ4v) is 2.74. The summed E-state index contributed by atoms with van der Waals surface area (Å²) in [4.78, 5) is 10.9. The summed E-state index contributed by atoms with van der Waals surface area (Å²) in [5.74, 6) is 0.899. The SMILES string of the molecule is CSc1nc(Cl)cc(N2Cc3ccccc3C2)n1. The molecule has 0 radical (unpaired) electrons. The van der Waals surface area contributed by atoms with Gasteiger partial charge >= 0.3 is 0 Å². The van der Waals surface area contributed by atoms with Crippen LogP contribution in [0.3, 0.4) is 0 Å². The van der Waals surface area contributed by atoms with E-state index in [-0.39, 0.29) is 0 Å². The normalized spacial score (nSPS) is 13.8. The van der Waals surface area contributed by atoms with Crippen molar-refractivity contribution in [3.63, 3.8) is 0 Å². The van der Waals surface area contributed by atoms with Gasteiger partial charge in [-0.2, -0.15) is 0 Å². The number of hydrogen-bond donors (Lipinski definition) is 0. The van der Waals surface area contributed by atoms with E-state index in [1.54, 1.807) is 0 Å². The molecular weight excluding hydrogens is 266 g/mol. The summed E-state index contributed by atoms with van der Waals surface area (Å²) in [6.07, 6.45) is 1.95. The molecule has 0 spiro atoms. The zero-order chi connectivity index (χ0) is 12.5. The maximum absolute atomic E-state index is 6.03. The van der Waals surface area contributed by atoms with Crippen LogP contribution >= 0.6 is 23.4 Å². The molecule has 0 atom stereocenters. The number of benzene rings is 1. The van der Waals surface area contributed by atoms with Crippen LogP contribution in [0.15, 0.2) is 35.5 Å². The molecule has 0 saturated heterocycles. The Morgan fingerprint density at radius 3 is 2.44 bits per heavy atom. The molecule has 3 rings (SSSR count). The first kappa shape index (κ1) is 11.8. The van der Waals surface area contributed by atoms with E-state index < -0.39 is 0 Å². The van der Waals surface area contributed by atoms with Gasteiger partial charge in [-0.05, 0) is 17.4 Å². The van der Waals surface area contributed by atoms with Crippen LogP contribution in [0.25, 0.3) is 0 Å². The van der Waals surface area contributed by atoms with Gasteiger partial charge in [-0.15, -0.1) is 0 Å². The highest BCUT2D eigenvalue weighted by atomic mass is 35.5. The van der Waals surface area contributed by atoms with Crippen molar-refractivity contribution in [1.82, 2.24) is 9.97 Å². The summed E-state index contributed by atoms with van der Waals surface area (Å²) >= 11 is 7.53. The second kappa shape index (κ2) is 4.78. The summed E-state index contributed by atoms with van der Waals surface area (Å²) in [6.45, 7) is 1.77. The van der Waals surface area contributed by atoms with Gasteiger partial charge < -0.3 is 4.90 Å². The predicted molar refractivity (Wildman–Crippen MR) is 75.2 cm³/mol. The van der Waals surface area contributed by atoms with Crippen molar-refractivity contribution in [3.8, 4) is 0 Å². The molecule has 3 nitrogen and oxygen atoms in total. The number of halogens is 1. The number of hydrogen-bond acceptors (Lipinski definition) is 4. The Balaban J connectivity index is 1.92. The van der Waals surface area contributed by atoms with E-state index in [1.807, 2.05) is 12.3 Å². The third-order valence-corrected chi connectivity index (χ3v) is 3.75. The molecule has 18 heavy (non-hydrogen) atoms. The minimum atomic E-state index is 0.500. The van der Waals surface area contributed by atoms with Crippen molar-refractivity contribution >= 4 is 29.2 Å². The van der Waals surface area contributed by atoms with E-state index in [9.17, 15) is 0 Å². The second-order valence-corrected chi connectivity index (χ2v) is 5.32. The molecule has 0 unspecified atom stereocenters. The molecule has 1 aliphatic rings. The number of aromatic nitrogens is 2. The first-order chi connectivity index (χ1) is 8.76. The Hall–Kier alpha value is -1.26. The molecule has 2 aromatic rings. The van der Waals surface area contributed by atoms with Crippen molar-refractivity contribution in [3.05, 3.63) is 46.6 Å². The third kappa shape index (κ3) is 2.18. The molecule has 0 fully saturated rings. The van der Waals surface area contributed by atoms with Gasteiger partial charge in [-0.1, -0.05) is 47.6 Å². The summed E-state index contributed by atoms with van der Waals surface area (Å²) in [7, 11) is 0. The lowest BCUT2D eigenvalue weighted by Gasteiger charge is -2.16. The monoisotopic (exact) mass is 277 g/mol. The first-order valence-electron chi connectivity index (χ1n) is 5.66. The zero-order valence-corrected chi connectivity index (χ0v) is 11.5. The van der Waals surface area contributed by atoms with Crippen molar-refractivity contribution in [1.29, 1.82) is 0 Å². The fraction of sp³-hybridized carbons (Fsp3) is 0.231. The zero-order valence-electron chi connectivity index (χ0n) is 9.93. The van der Waals surface area contributed by atoms with Gasteiger partial charge in [-0.25, -0.2) is 9.97 Å². The van der Waals surface area contributed by atoms with Crippen LogP contribution in [0.2, 0.25) is 5.15 Å². The molecule has 0 bridgehead atoms. The van der Waals surface area contributed by atoms with Gasteiger partial charge in [-0.3, -0.25) is 0 Å². The molecule has 0 saturated carbocycles. The van der Waals surface area contributed by atoms with Crippen LogP contribution in [-0.2, 0) is 13.1 Å². The summed E-state index contributed by atoms with van der Waals surface area (Å²) < 4.78 is 0. The highest BCUT2D eigenvalue weighted by molar-refractivity contribution is 7.98. The highest BCUT2D eigenvalue weighted by Crippen LogP contribution is 2.28. The van der Waals surface area contributed by atoms with Gasteiger partial charge in [0.05, 0.1) is 0 Å². The van der Waals surface area contributed by atoms with E-state index in [2.05, 4.69) is 39.1 Å². The van der Waals surface area contributed by atoms with Gasteiger partial charge in [0.25, 0.3) is 0 Å². The number of fused-ring (bicyclic) bond motifs is 1. The summed E-state index contributed by atoms with van der Waals surface area (Å²) in [5.41, 5.74) is 2.72. The molecule has 92 valence electrons. The molecule has 0 amide bonds. The lowest BCUT2D eigenvalue weighted by molar-refractivity contribution is 0.825. The summed E-state index contributed by atoms with van der Waals surface area (Å²) in [5, 5.41) is 1.22. The maximum Gasteiger partial charge on any atom is 0.190 e. The molecule has 2 heterocycles. The Morgan fingerprint density at radius 1 is 1.17 bits per heavy atom. The average Bonchev–Trinajstić information content (AvgIpc) is 2.81. The van der Waals surface area contributed by atoms with Crippen molar-refractivity contribution in [2.24, 2.45) is 0 Å². The molecular formula is C13H12ClN3S. The van der Waals surface area contributed by atoms with Crippen LogP contribution < -0.4 is 4.90 Å². The van der Waals surface area contributed by atoms with Crippen LogP contribution in [-0.4, -0.2) is 16.2 Å². The smallest absolute Gasteiger partial charge is 0.190 e. The van der Waals surface area contributed by atoms with E-state index in [0.29, 0.717) is 10.3 Å². The minimum Gasteiger partial charge on any atom is -0.348 e. The van der Waals surface area contributed by atoms with Crippen LogP contribution in [0.1, 0.15) is 11.1 Å². The van der Waals surface area contributed by atoms with Gasteiger partial charge in [0.2, 0.25) is 0 Å². The van der Waals surface area contributed by atoms with Crippen molar-refractivity contribution < 1.29 is 0 Å². The average molecular weight is 278 g/mol. The standard InChI is InChI=1S/C13H12ClN3S/c1-18-13-15-11(14)6-12(16-13)17-7-9-4-2-3-5-10(9)8-17/h2-6H,7-8H2,1H3. The number of rotatable bonds is 2. The molecule has 1 aromatic heterocycles. The van der Waals surface area contributed by atoms with Gasteiger partial charge in [0.15, 0.2) is 5.16 Å². The predicted octanol–water partition coefficient (Wildman–Crippen LogP) is 3.37. The van der Waals surface area contributed by atoms with Crippen LogP contribution in [0, 0.1) is 0 Å². The molecule has 5 heteroatoms. The molecule has 1 aromatic carbocycles. The Bertz CT molecular complexity index is 563.